The van der Waals surface area contributed by atoms with Gasteiger partial charge in [-0.2, -0.15) is 5.10 Å². The van der Waals surface area contributed by atoms with E-state index in [4.69, 9.17) is 15.2 Å². The number of ether oxygens (including phenoxy) is 2. The molecule has 2 rings (SSSR count). The van der Waals surface area contributed by atoms with Crippen molar-refractivity contribution in [2.24, 2.45) is 11.0 Å². The summed E-state index contributed by atoms with van der Waals surface area (Å²) in [6.45, 7) is 4.99. The van der Waals surface area contributed by atoms with E-state index in [2.05, 4.69) is 29.4 Å². The van der Waals surface area contributed by atoms with Crippen molar-refractivity contribution in [3.8, 4) is 11.5 Å². The second kappa shape index (κ2) is 8.38. The van der Waals surface area contributed by atoms with Gasteiger partial charge in [0.25, 0.3) is 0 Å². The number of nitrogens with zero attached hydrogens (tertiary/aromatic N) is 2. The average Bonchev–Trinajstić information content (AvgIpc) is 2.93. The van der Waals surface area contributed by atoms with Crippen molar-refractivity contribution >= 4 is 28.5 Å². The normalized spacial score (nSPS) is 11.1. The van der Waals surface area contributed by atoms with Crippen LogP contribution in [0.5, 0.6) is 11.5 Å². The lowest BCUT2D eigenvalue weighted by atomic mass is 10.1. The Morgan fingerprint density at radius 2 is 2.22 bits per heavy atom. The topological polar surface area (TPSA) is 81.8 Å². The van der Waals surface area contributed by atoms with Crippen molar-refractivity contribution in [3.05, 3.63) is 29.1 Å². The summed E-state index contributed by atoms with van der Waals surface area (Å²) in [5.74, 6) is 2.51. The van der Waals surface area contributed by atoms with E-state index in [-0.39, 0.29) is 0 Å². The van der Waals surface area contributed by atoms with Gasteiger partial charge in [-0.15, -0.1) is 11.3 Å². The van der Waals surface area contributed by atoms with Crippen LogP contribution in [0, 0.1) is 5.92 Å². The first-order chi connectivity index (χ1) is 11.1. The van der Waals surface area contributed by atoms with E-state index in [9.17, 15) is 0 Å². The number of hydrogen-bond acceptors (Lipinski definition) is 7. The number of nitrogens with two attached hydrogens (primary N) is 1. The zero-order valence-electron chi connectivity index (χ0n) is 13.6. The Hall–Kier alpha value is -2.28. The monoisotopic (exact) mass is 334 g/mol. The van der Waals surface area contributed by atoms with Crippen LogP contribution < -0.4 is 20.6 Å². The van der Waals surface area contributed by atoms with E-state index in [0.29, 0.717) is 29.2 Å². The highest BCUT2D eigenvalue weighted by Crippen LogP contribution is 2.28. The highest BCUT2D eigenvalue weighted by Gasteiger charge is 2.06. The van der Waals surface area contributed by atoms with Crippen molar-refractivity contribution in [2.45, 2.75) is 20.3 Å². The highest BCUT2D eigenvalue weighted by atomic mass is 32.1. The Bertz CT molecular complexity index is 655. The van der Waals surface area contributed by atoms with Crippen molar-refractivity contribution in [2.75, 3.05) is 24.9 Å². The first-order valence-electron chi connectivity index (χ1n) is 7.39. The fourth-order valence-electron chi connectivity index (χ4n) is 1.79. The molecule has 1 aromatic carbocycles. The zero-order valence-corrected chi connectivity index (χ0v) is 14.4. The van der Waals surface area contributed by atoms with Crippen LogP contribution in [0.3, 0.4) is 0 Å². The molecule has 23 heavy (non-hydrogen) atoms. The van der Waals surface area contributed by atoms with Crippen molar-refractivity contribution < 1.29 is 9.47 Å². The van der Waals surface area contributed by atoms with Crippen molar-refractivity contribution in [1.29, 1.82) is 0 Å². The summed E-state index contributed by atoms with van der Waals surface area (Å²) < 4.78 is 11.1. The Kier molecular flexibility index (Phi) is 6.22. The van der Waals surface area contributed by atoms with E-state index < -0.39 is 0 Å². The summed E-state index contributed by atoms with van der Waals surface area (Å²) in [6, 6.07) is 5.68. The fraction of sp³-hybridized carbons (Fsp3) is 0.375. The van der Waals surface area contributed by atoms with Crippen LogP contribution in [0.2, 0.25) is 0 Å². The number of hydrazone groups is 1. The average molecular weight is 334 g/mol. The molecule has 0 radical (unpaired) electrons. The maximum Gasteiger partial charge on any atom is 0.205 e. The molecule has 0 aliphatic carbocycles. The van der Waals surface area contributed by atoms with E-state index >= 15 is 0 Å². The summed E-state index contributed by atoms with van der Waals surface area (Å²) >= 11 is 1.40. The Morgan fingerprint density at radius 1 is 1.39 bits per heavy atom. The number of anilines is 2. The molecule has 0 atom stereocenters. The number of aromatic nitrogens is 1. The first kappa shape index (κ1) is 17.1. The van der Waals surface area contributed by atoms with Gasteiger partial charge >= 0.3 is 0 Å². The minimum Gasteiger partial charge on any atom is -0.493 e. The molecule has 1 aromatic heterocycles. The standard InChI is InChI=1S/C16H22N4O2S/c1-11(2)6-7-22-14-8-12(4-5-13(14)21-3)9-18-20-16-19-15(17)10-23-16/h4-5,8-11H,6-7,17H2,1-3H3,(H,19,20). The minimum atomic E-state index is 0.484. The maximum absolute atomic E-state index is 5.81. The molecular formula is C16H22N4O2S. The maximum atomic E-state index is 5.81. The third-order valence-corrected chi connectivity index (χ3v) is 3.80. The fourth-order valence-corrected chi connectivity index (χ4v) is 2.34. The smallest absolute Gasteiger partial charge is 0.205 e. The Morgan fingerprint density at radius 3 is 2.87 bits per heavy atom. The molecule has 2 aromatic rings. The van der Waals surface area contributed by atoms with Gasteiger partial charge in [0.1, 0.15) is 5.82 Å². The number of methoxy groups -OCH3 is 1. The van der Waals surface area contributed by atoms with E-state index in [0.717, 1.165) is 17.7 Å². The predicted molar refractivity (Wildman–Crippen MR) is 95.7 cm³/mol. The SMILES string of the molecule is COc1ccc(C=NNc2nc(N)cs2)cc1OCCC(C)C. The molecule has 7 heteroatoms. The van der Waals surface area contributed by atoms with Gasteiger partial charge in [0.05, 0.1) is 19.9 Å². The number of nitrogen functional groups attached to an aromatic ring is 1. The lowest BCUT2D eigenvalue weighted by Crippen LogP contribution is -2.03. The summed E-state index contributed by atoms with van der Waals surface area (Å²) in [7, 11) is 1.63. The van der Waals surface area contributed by atoms with Gasteiger partial charge < -0.3 is 15.2 Å². The quantitative estimate of drug-likeness (QED) is 0.569. The van der Waals surface area contributed by atoms with Gasteiger partial charge in [-0.1, -0.05) is 13.8 Å². The Labute approximate surface area is 140 Å². The van der Waals surface area contributed by atoms with Crippen LogP contribution in [0.25, 0.3) is 0 Å². The minimum absolute atomic E-state index is 0.484. The van der Waals surface area contributed by atoms with Gasteiger partial charge in [-0.25, -0.2) is 4.98 Å². The molecule has 124 valence electrons. The second-order valence-electron chi connectivity index (χ2n) is 5.39. The molecule has 3 N–H and O–H groups in total. The van der Waals surface area contributed by atoms with Crippen LogP contribution in [0.1, 0.15) is 25.8 Å². The van der Waals surface area contributed by atoms with Gasteiger partial charge in [0.2, 0.25) is 5.13 Å². The number of benzene rings is 1. The highest BCUT2D eigenvalue weighted by molar-refractivity contribution is 7.14. The van der Waals surface area contributed by atoms with Crippen LogP contribution in [0.15, 0.2) is 28.7 Å². The second-order valence-corrected chi connectivity index (χ2v) is 6.25. The Balaban J connectivity index is 2.01. The van der Waals surface area contributed by atoms with Crippen molar-refractivity contribution in [1.82, 2.24) is 4.98 Å². The van der Waals surface area contributed by atoms with Gasteiger partial charge in [0.15, 0.2) is 11.5 Å². The molecule has 0 unspecified atom stereocenters. The zero-order chi connectivity index (χ0) is 16.7. The molecule has 0 aliphatic heterocycles. The third-order valence-electron chi connectivity index (χ3n) is 3.04. The molecule has 0 bridgehead atoms. The predicted octanol–water partition coefficient (Wildman–Crippen LogP) is 3.60. The van der Waals surface area contributed by atoms with E-state index in [1.807, 2.05) is 18.2 Å². The molecule has 0 saturated heterocycles. The van der Waals surface area contributed by atoms with Crippen LogP contribution in [-0.2, 0) is 0 Å². The largest absolute Gasteiger partial charge is 0.493 e. The molecule has 0 saturated carbocycles. The molecule has 6 nitrogen and oxygen atoms in total. The molecule has 0 amide bonds. The lowest BCUT2D eigenvalue weighted by Gasteiger charge is -2.12. The van der Waals surface area contributed by atoms with Crippen LogP contribution >= 0.6 is 11.3 Å². The number of rotatable bonds is 8. The van der Waals surface area contributed by atoms with Gasteiger partial charge in [-0.05, 0) is 36.1 Å². The van der Waals surface area contributed by atoms with Crippen LogP contribution in [0.4, 0.5) is 10.9 Å². The summed E-state index contributed by atoms with van der Waals surface area (Å²) in [5.41, 5.74) is 9.31. The molecular weight excluding hydrogens is 312 g/mol. The first-order valence-corrected chi connectivity index (χ1v) is 8.27. The molecule has 0 aliphatic rings. The van der Waals surface area contributed by atoms with Gasteiger partial charge in [0, 0.05) is 5.38 Å². The molecule has 1 heterocycles. The molecule has 0 spiro atoms. The van der Waals surface area contributed by atoms with E-state index in [1.54, 1.807) is 18.7 Å². The van der Waals surface area contributed by atoms with Crippen LogP contribution in [-0.4, -0.2) is 24.9 Å². The van der Waals surface area contributed by atoms with E-state index in [1.165, 1.54) is 11.3 Å². The number of nitrogens with one attached hydrogen (secondary N) is 1. The number of hydrogen-bond donors (Lipinski definition) is 2. The number of thiazole rings is 1. The third kappa shape index (κ3) is 5.45. The molecule has 0 fully saturated rings. The van der Waals surface area contributed by atoms with Gasteiger partial charge in [-0.3, -0.25) is 5.43 Å². The van der Waals surface area contributed by atoms with Crippen molar-refractivity contribution in [3.63, 3.8) is 0 Å². The summed E-state index contributed by atoms with van der Waals surface area (Å²) in [5, 5.41) is 6.56. The summed E-state index contributed by atoms with van der Waals surface area (Å²) in [4.78, 5) is 4.07. The lowest BCUT2D eigenvalue weighted by molar-refractivity contribution is 0.273. The summed E-state index contributed by atoms with van der Waals surface area (Å²) in [6.07, 6.45) is 2.70.